The van der Waals surface area contributed by atoms with Crippen LogP contribution in [0.5, 0.6) is 0 Å². The minimum atomic E-state index is -4.53. The maximum Gasteiger partial charge on any atom is 0.417 e. The number of aryl methyl sites for hydroxylation is 1. The maximum absolute atomic E-state index is 12.7. The van der Waals surface area contributed by atoms with Crippen molar-refractivity contribution in [3.63, 3.8) is 0 Å². The molecule has 8 heteroatoms. The molecule has 0 fully saturated rings. The van der Waals surface area contributed by atoms with E-state index in [0.29, 0.717) is 0 Å². The van der Waals surface area contributed by atoms with E-state index in [1.165, 1.54) is 12.1 Å². The van der Waals surface area contributed by atoms with Crippen LogP contribution in [0, 0.1) is 6.92 Å². The lowest BCUT2D eigenvalue weighted by Crippen LogP contribution is -2.14. The van der Waals surface area contributed by atoms with Crippen molar-refractivity contribution in [2.45, 2.75) is 13.1 Å². The first-order chi connectivity index (χ1) is 9.27. The number of aromatic nitrogens is 2. The summed E-state index contributed by atoms with van der Waals surface area (Å²) in [6, 6.07) is 4.85. The fourth-order valence-electron chi connectivity index (χ4n) is 1.55. The second-order valence-electron chi connectivity index (χ2n) is 4.08. The highest BCUT2D eigenvalue weighted by Crippen LogP contribution is 2.35. The second-order valence-corrected chi connectivity index (χ2v) is 4.94. The van der Waals surface area contributed by atoms with Crippen molar-refractivity contribution in [2.75, 3.05) is 5.32 Å². The van der Waals surface area contributed by atoms with Gasteiger partial charge in [-0.3, -0.25) is 9.89 Å². The molecule has 0 spiro atoms. The first-order valence-electron chi connectivity index (χ1n) is 5.47. The number of alkyl halides is 3. The number of amides is 1. The quantitative estimate of drug-likeness (QED) is 0.869. The molecule has 0 aliphatic heterocycles. The van der Waals surface area contributed by atoms with Gasteiger partial charge in [-0.25, -0.2) is 0 Å². The van der Waals surface area contributed by atoms with Crippen molar-refractivity contribution < 1.29 is 18.0 Å². The summed E-state index contributed by atoms with van der Waals surface area (Å²) in [6.07, 6.45) is -4.53. The third-order valence-corrected chi connectivity index (χ3v) is 3.17. The molecule has 4 nitrogen and oxygen atoms in total. The molecule has 2 N–H and O–H groups in total. The Labute approximate surface area is 120 Å². The normalized spacial score (nSPS) is 11.4. The fraction of sp³-hybridized carbons (Fsp3) is 0.167. The summed E-state index contributed by atoms with van der Waals surface area (Å²) in [4.78, 5) is 11.9. The molecule has 0 bridgehead atoms. The van der Waals surface area contributed by atoms with Crippen LogP contribution in [0.1, 0.15) is 21.6 Å². The van der Waals surface area contributed by atoms with Crippen molar-refractivity contribution in [2.24, 2.45) is 0 Å². The number of H-pyrrole nitrogens is 1. The highest BCUT2D eigenvalue weighted by atomic mass is 79.9. The molecule has 0 aliphatic carbocycles. The van der Waals surface area contributed by atoms with E-state index in [2.05, 4.69) is 31.4 Å². The average Bonchev–Trinajstić information content (AvgIpc) is 2.73. The van der Waals surface area contributed by atoms with Crippen LogP contribution >= 0.6 is 15.9 Å². The van der Waals surface area contributed by atoms with Crippen molar-refractivity contribution >= 4 is 27.7 Å². The van der Waals surface area contributed by atoms with Crippen molar-refractivity contribution in [3.8, 4) is 0 Å². The van der Waals surface area contributed by atoms with Crippen LogP contribution in [-0.4, -0.2) is 16.1 Å². The van der Waals surface area contributed by atoms with E-state index in [4.69, 9.17) is 0 Å². The number of carbonyl (C=O) groups is 1. The Morgan fingerprint density at radius 3 is 2.60 bits per heavy atom. The number of nitrogens with one attached hydrogen (secondary N) is 2. The lowest BCUT2D eigenvalue weighted by Gasteiger charge is -2.10. The lowest BCUT2D eigenvalue weighted by molar-refractivity contribution is -0.138. The fourth-order valence-corrected chi connectivity index (χ4v) is 2.03. The summed E-state index contributed by atoms with van der Waals surface area (Å²) >= 11 is 2.82. The van der Waals surface area contributed by atoms with Gasteiger partial charge in [0.05, 0.1) is 5.56 Å². The van der Waals surface area contributed by atoms with Crippen LogP contribution < -0.4 is 5.32 Å². The van der Waals surface area contributed by atoms with E-state index < -0.39 is 17.6 Å². The van der Waals surface area contributed by atoms with Gasteiger partial charge in [0.15, 0.2) is 5.82 Å². The largest absolute Gasteiger partial charge is 0.417 e. The molecule has 0 radical (unpaired) electrons. The number of halogens is 4. The van der Waals surface area contributed by atoms with Crippen molar-refractivity contribution in [1.29, 1.82) is 0 Å². The Morgan fingerprint density at radius 2 is 2.05 bits per heavy atom. The Bertz CT molecular complexity index is 652. The standard InChI is InChI=1S/C12H9BrF3N3O/c1-6-4-10(19-18-6)17-11(20)7-2-3-9(13)8(5-7)12(14,15)16/h2-5H,1H3,(H2,17,18,19,20). The number of benzene rings is 1. The number of nitrogens with zero attached hydrogens (tertiary/aromatic N) is 1. The lowest BCUT2D eigenvalue weighted by atomic mass is 10.1. The Kier molecular flexibility index (Phi) is 3.85. The molecule has 106 valence electrons. The van der Waals surface area contributed by atoms with E-state index in [-0.39, 0.29) is 15.9 Å². The highest BCUT2D eigenvalue weighted by molar-refractivity contribution is 9.10. The van der Waals surface area contributed by atoms with Gasteiger partial charge >= 0.3 is 6.18 Å². The molecule has 1 heterocycles. The summed E-state index contributed by atoms with van der Waals surface area (Å²) in [6.45, 7) is 1.74. The number of hydrogen-bond acceptors (Lipinski definition) is 2. The van der Waals surface area contributed by atoms with Gasteiger partial charge in [0, 0.05) is 21.8 Å². The van der Waals surface area contributed by atoms with Gasteiger partial charge in [-0.2, -0.15) is 18.3 Å². The zero-order valence-corrected chi connectivity index (χ0v) is 11.8. The smallest absolute Gasteiger partial charge is 0.305 e. The zero-order valence-electron chi connectivity index (χ0n) is 10.2. The van der Waals surface area contributed by atoms with E-state index in [0.717, 1.165) is 11.8 Å². The predicted molar refractivity (Wildman–Crippen MR) is 70.4 cm³/mol. The molecule has 0 aliphatic rings. The van der Waals surface area contributed by atoms with Gasteiger partial charge in [0.2, 0.25) is 0 Å². The van der Waals surface area contributed by atoms with E-state index >= 15 is 0 Å². The minimum absolute atomic E-state index is 0.0961. The number of carbonyl (C=O) groups excluding carboxylic acids is 1. The molecule has 20 heavy (non-hydrogen) atoms. The van der Waals surface area contributed by atoms with Gasteiger partial charge in [0.1, 0.15) is 0 Å². The summed E-state index contributed by atoms with van der Waals surface area (Å²) in [5.41, 5.74) is -0.267. The van der Waals surface area contributed by atoms with Gasteiger partial charge in [-0.15, -0.1) is 0 Å². The zero-order chi connectivity index (χ0) is 14.9. The molecular weight excluding hydrogens is 339 g/mol. The van der Waals surface area contributed by atoms with Crippen LogP contribution in [0.15, 0.2) is 28.7 Å². The highest BCUT2D eigenvalue weighted by Gasteiger charge is 2.33. The summed E-state index contributed by atoms with van der Waals surface area (Å²) < 4.78 is 38.1. The third kappa shape index (κ3) is 3.19. The SMILES string of the molecule is Cc1cc(NC(=O)c2ccc(Br)c(C(F)(F)F)c2)n[nH]1. The van der Waals surface area contributed by atoms with Crippen LogP contribution in [0.4, 0.5) is 19.0 Å². The van der Waals surface area contributed by atoms with Crippen molar-refractivity contribution in [1.82, 2.24) is 10.2 Å². The second kappa shape index (κ2) is 5.28. The Balaban J connectivity index is 2.27. The minimum Gasteiger partial charge on any atom is -0.305 e. The molecule has 2 aromatic rings. The summed E-state index contributed by atoms with van der Waals surface area (Å²) in [7, 11) is 0. The van der Waals surface area contributed by atoms with Gasteiger partial charge in [0.25, 0.3) is 5.91 Å². The summed E-state index contributed by atoms with van der Waals surface area (Å²) in [5.74, 6) is -0.404. The number of rotatable bonds is 2. The first kappa shape index (κ1) is 14.6. The van der Waals surface area contributed by atoms with Gasteiger partial charge in [-0.05, 0) is 25.1 Å². The molecule has 0 unspecified atom stereocenters. The predicted octanol–water partition coefficient (Wildman–Crippen LogP) is 3.75. The topological polar surface area (TPSA) is 57.8 Å². The van der Waals surface area contributed by atoms with Crippen LogP contribution in [0.3, 0.4) is 0 Å². The Hall–Kier alpha value is -1.83. The molecule has 1 aromatic carbocycles. The third-order valence-electron chi connectivity index (χ3n) is 2.48. The number of aromatic amines is 1. The average molecular weight is 348 g/mol. The van der Waals surface area contributed by atoms with Crippen molar-refractivity contribution in [3.05, 3.63) is 45.6 Å². The molecular formula is C12H9BrF3N3O. The Morgan fingerprint density at radius 1 is 1.35 bits per heavy atom. The van der Waals surface area contributed by atoms with E-state index in [1.807, 2.05) is 0 Å². The number of anilines is 1. The van der Waals surface area contributed by atoms with E-state index in [1.54, 1.807) is 13.0 Å². The molecule has 1 aromatic heterocycles. The monoisotopic (exact) mass is 347 g/mol. The maximum atomic E-state index is 12.7. The molecule has 0 atom stereocenters. The summed E-state index contributed by atoms with van der Waals surface area (Å²) in [5, 5.41) is 8.81. The van der Waals surface area contributed by atoms with Gasteiger partial charge in [-0.1, -0.05) is 15.9 Å². The first-order valence-corrected chi connectivity index (χ1v) is 6.27. The van der Waals surface area contributed by atoms with Crippen LogP contribution in [0.25, 0.3) is 0 Å². The van der Waals surface area contributed by atoms with Crippen LogP contribution in [0.2, 0.25) is 0 Å². The van der Waals surface area contributed by atoms with Crippen LogP contribution in [-0.2, 0) is 6.18 Å². The molecule has 0 saturated carbocycles. The van der Waals surface area contributed by atoms with Gasteiger partial charge < -0.3 is 5.32 Å². The number of hydrogen-bond donors (Lipinski definition) is 2. The molecule has 0 saturated heterocycles. The molecule has 1 amide bonds. The molecule has 2 rings (SSSR count). The van der Waals surface area contributed by atoms with E-state index in [9.17, 15) is 18.0 Å².